The number of benzene rings is 1. The Morgan fingerprint density at radius 3 is 2.71 bits per heavy atom. The van der Waals surface area contributed by atoms with Crippen molar-refractivity contribution in [1.82, 2.24) is 4.98 Å². The Kier molecular flexibility index (Phi) is 3.48. The van der Waals surface area contributed by atoms with Crippen LogP contribution in [-0.4, -0.2) is 4.98 Å². The van der Waals surface area contributed by atoms with Crippen LogP contribution < -0.4 is 5.32 Å². The zero-order valence-electron chi connectivity index (χ0n) is 8.61. The predicted molar refractivity (Wildman–Crippen MR) is 68.7 cm³/mol. The summed E-state index contributed by atoms with van der Waals surface area (Å²) in [4.78, 5) is 3.85. The number of pyridine rings is 1. The highest BCUT2D eigenvalue weighted by molar-refractivity contribution is 6.34. The first-order valence-corrected chi connectivity index (χ1v) is 5.53. The second-order valence-corrected chi connectivity index (χ2v) is 4.06. The van der Waals surface area contributed by atoms with Crippen LogP contribution in [0, 0.1) is 11.3 Å². The molecule has 2 rings (SSSR count). The van der Waals surface area contributed by atoms with Crippen LogP contribution in [-0.2, 0) is 0 Å². The number of nitriles is 1. The molecule has 0 bridgehead atoms. The highest BCUT2D eigenvalue weighted by atomic mass is 35.5. The van der Waals surface area contributed by atoms with Crippen molar-refractivity contribution in [3.8, 4) is 6.07 Å². The van der Waals surface area contributed by atoms with E-state index in [9.17, 15) is 0 Å². The van der Waals surface area contributed by atoms with Crippen molar-refractivity contribution < 1.29 is 0 Å². The molecule has 0 radical (unpaired) electrons. The van der Waals surface area contributed by atoms with Gasteiger partial charge in [-0.15, -0.1) is 0 Å². The molecule has 0 spiro atoms. The molecule has 5 heteroatoms. The van der Waals surface area contributed by atoms with Crippen molar-refractivity contribution in [2.45, 2.75) is 0 Å². The number of nitrogens with zero attached hydrogens (tertiary/aromatic N) is 2. The van der Waals surface area contributed by atoms with E-state index in [4.69, 9.17) is 28.5 Å². The molecule has 0 aliphatic heterocycles. The van der Waals surface area contributed by atoms with Gasteiger partial charge in [-0.25, -0.2) is 4.98 Å². The molecule has 0 saturated carbocycles. The largest absolute Gasteiger partial charge is 0.353 e. The molecule has 0 unspecified atom stereocenters. The van der Waals surface area contributed by atoms with Crippen LogP contribution in [0.2, 0.25) is 10.2 Å². The van der Waals surface area contributed by atoms with Crippen molar-refractivity contribution in [3.63, 3.8) is 0 Å². The molecule has 3 nitrogen and oxygen atoms in total. The molecular weight excluding hydrogens is 257 g/mol. The van der Waals surface area contributed by atoms with Crippen LogP contribution in [0.4, 0.5) is 11.4 Å². The second-order valence-electron chi connectivity index (χ2n) is 3.27. The summed E-state index contributed by atoms with van der Waals surface area (Å²) in [6.45, 7) is 0. The number of anilines is 2. The number of nitrogens with one attached hydrogen (secondary N) is 1. The molecule has 84 valence electrons. The Balaban J connectivity index is 2.38. The van der Waals surface area contributed by atoms with E-state index >= 15 is 0 Å². The summed E-state index contributed by atoms with van der Waals surface area (Å²) in [6.07, 6.45) is 1.46. The van der Waals surface area contributed by atoms with Crippen LogP contribution >= 0.6 is 23.2 Å². The zero-order valence-corrected chi connectivity index (χ0v) is 10.1. The Labute approximate surface area is 109 Å². The van der Waals surface area contributed by atoms with E-state index in [2.05, 4.69) is 16.4 Å². The fourth-order valence-electron chi connectivity index (χ4n) is 1.34. The Morgan fingerprint density at radius 2 is 1.94 bits per heavy atom. The number of para-hydroxylation sites is 1. The molecule has 17 heavy (non-hydrogen) atoms. The third-order valence-electron chi connectivity index (χ3n) is 2.14. The van der Waals surface area contributed by atoms with Gasteiger partial charge in [0.25, 0.3) is 0 Å². The van der Waals surface area contributed by atoms with E-state index in [-0.39, 0.29) is 0 Å². The minimum Gasteiger partial charge on any atom is -0.353 e. The van der Waals surface area contributed by atoms with Gasteiger partial charge >= 0.3 is 0 Å². The summed E-state index contributed by atoms with van der Waals surface area (Å²) in [6, 6.07) is 10.9. The molecule has 2 aromatic rings. The van der Waals surface area contributed by atoms with Gasteiger partial charge in [-0.2, -0.15) is 5.26 Å². The highest BCUT2D eigenvalue weighted by Crippen LogP contribution is 2.28. The highest BCUT2D eigenvalue weighted by Gasteiger charge is 2.05. The third-order valence-corrected chi connectivity index (χ3v) is 2.65. The van der Waals surface area contributed by atoms with Crippen molar-refractivity contribution in [2.24, 2.45) is 0 Å². The fourth-order valence-corrected chi connectivity index (χ4v) is 1.65. The lowest BCUT2D eigenvalue weighted by Crippen LogP contribution is -1.94. The van der Waals surface area contributed by atoms with Crippen molar-refractivity contribution in [2.75, 3.05) is 5.32 Å². The summed E-state index contributed by atoms with van der Waals surface area (Å²) >= 11 is 11.8. The summed E-state index contributed by atoms with van der Waals surface area (Å²) in [7, 11) is 0. The average molecular weight is 264 g/mol. The SMILES string of the molecule is N#Cc1ccccc1Nc1cc(Cl)ncc1Cl. The monoisotopic (exact) mass is 263 g/mol. The quantitative estimate of drug-likeness (QED) is 0.834. The lowest BCUT2D eigenvalue weighted by molar-refractivity contribution is 1.32. The van der Waals surface area contributed by atoms with Gasteiger partial charge in [-0.3, -0.25) is 0 Å². The van der Waals surface area contributed by atoms with Crippen molar-refractivity contribution >= 4 is 34.6 Å². The maximum atomic E-state index is 8.96. The molecule has 0 amide bonds. The van der Waals surface area contributed by atoms with E-state index in [0.717, 1.165) is 0 Å². The molecule has 1 aromatic carbocycles. The lowest BCUT2D eigenvalue weighted by Gasteiger charge is -2.09. The Bertz CT molecular complexity index is 591. The summed E-state index contributed by atoms with van der Waals surface area (Å²) in [5.41, 5.74) is 1.84. The second kappa shape index (κ2) is 5.05. The number of hydrogen-bond acceptors (Lipinski definition) is 3. The van der Waals surface area contributed by atoms with Crippen LogP contribution in [0.1, 0.15) is 5.56 Å². The first kappa shape index (κ1) is 11.7. The molecular formula is C12H7Cl2N3. The standard InChI is InChI=1S/C12H7Cl2N3/c13-9-7-16-12(14)5-11(9)17-10-4-2-1-3-8(10)6-15/h1-5,7H,(H,16,17). The number of halogens is 2. The first-order valence-electron chi connectivity index (χ1n) is 4.78. The molecule has 0 fully saturated rings. The van der Waals surface area contributed by atoms with E-state index in [1.54, 1.807) is 24.3 Å². The summed E-state index contributed by atoms with van der Waals surface area (Å²) in [5.74, 6) is 0. The Hall–Kier alpha value is -1.76. The first-order chi connectivity index (χ1) is 8.20. The number of hydrogen-bond donors (Lipinski definition) is 1. The zero-order chi connectivity index (χ0) is 12.3. The minimum absolute atomic E-state index is 0.339. The van der Waals surface area contributed by atoms with Crippen LogP contribution in [0.25, 0.3) is 0 Å². The normalized spacial score (nSPS) is 9.71. The van der Waals surface area contributed by atoms with E-state index in [1.165, 1.54) is 6.20 Å². The lowest BCUT2D eigenvalue weighted by atomic mass is 10.2. The molecule has 1 N–H and O–H groups in total. The van der Waals surface area contributed by atoms with Crippen LogP contribution in [0.5, 0.6) is 0 Å². The molecule has 1 aromatic heterocycles. The number of rotatable bonds is 2. The van der Waals surface area contributed by atoms with E-state index < -0.39 is 0 Å². The topological polar surface area (TPSA) is 48.7 Å². The van der Waals surface area contributed by atoms with Crippen molar-refractivity contribution in [3.05, 3.63) is 52.3 Å². The molecule has 0 atom stereocenters. The van der Waals surface area contributed by atoms with Gasteiger partial charge < -0.3 is 5.32 Å². The minimum atomic E-state index is 0.339. The van der Waals surface area contributed by atoms with Gasteiger partial charge in [-0.05, 0) is 12.1 Å². The van der Waals surface area contributed by atoms with Gasteiger partial charge in [0.2, 0.25) is 0 Å². The van der Waals surface area contributed by atoms with E-state index in [1.807, 2.05) is 6.07 Å². The van der Waals surface area contributed by atoms with Gasteiger partial charge in [0.05, 0.1) is 22.0 Å². The van der Waals surface area contributed by atoms with Gasteiger partial charge in [0.1, 0.15) is 11.2 Å². The average Bonchev–Trinajstić information content (AvgIpc) is 2.34. The van der Waals surface area contributed by atoms with Gasteiger partial charge in [-0.1, -0.05) is 35.3 Å². The fraction of sp³-hybridized carbons (Fsp3) is 0. The summed E-state index contributed by atoms with van der Waals surface area (Å²) in [5, 5.41) is 12.8. The molecule has 0 saturated heterocycles. The third kappa shape index (κ3) is 2.68. The molecule has 0 aliphatic rings. The predicted octanol–water partition coefficient (Wildman–Crippen LogP) is 4.00. The molecule has 0 aliphatic carbocycles. The molecule has 1 heterocycles. The smallest absolute Gasteiger partial charge is 0.131 e. The van der Waals surface area contributed by atoms with Crippen LogP contribution in [0.3, 0.4) is 0 Å². The van der Waals surface area contributed by atoms with E-state index in [0.29, 0.717) is 27.1 Å². The summed E-state index contributed by atoms with van der Waals surface area (Å²) < 4.78 is 0. The van der Waals surface area contributed by atoms with Crippen LogP contribution in [0.15, 0.2) is 36.5 Å². The van der Waals surface area contributed by atoms with Gasteiger partial charge in [0, 0.05) is 12.3 Å². The Morgan fingerprint density at radius 1 is 1.18 bits per heavy atom. The van der Waals surface area contributed by atoms with Crippen molar-refractivity contribution in [1.29, 1.82) is 5.26 Å². The maximum Gasteiger partial charge on any atom is 0.131 e. The maximum absolute atomic E-state index is 8.96. The van der Waals surface area contributed by atoms with Gasteiger partial charge in [0.15, 0.2) is 0 Å². The number of aromatic nitrogens is 1.